The molecule has 0 radical (unpaired) electrons. The number of hydrogen-bond acceptors (Lipinski definition) is 2. The average molecular weight is 492 g/mol. The Morgan fingerprint density at radius 1 is 1.14 bits per heavy atom. The molecule has 1 aliphatic rings. The van der Waals surface area contributed by atoms with Crippen LogP contribution in [0.1, 0.15) is 40.7 Å². The van der Waals surface area contributed by atoms with Crippen LogP contribution in [-0.2, 0) is 6.54 Å². The van der Waals surface area contributed by atoms with Crippen LogP contribution in [0.5, 0.6) is 0 Å². The first kappa shape index (κ1) is 22.2. The largest absolute Gasteiger partial charge is 0.352 e. The lowest BCUT2D eigenvalue weighted by molar-refractivity contribution is 0.0955. The highest BCUT2D eigenvalue weighted by atomic mass is 127. The fourth-order valence-electron chi connectivity index (χ4n) is 3.55. The molecule has 150 valence electrons. The summed E-state index contributed by atoms with van der Waals surface area (Å²) in [5.41, 5.74) is 3.15. The Labute approximate surface area is 184 Å². The topological polar surface area (TPSA) is 56.7 Å². The van der Waals surface area contributed by atoms with Gasteiger partial charge in [-0.25, -0.2) is 0 Å². The van der Waals surface area contributed by atoms with Crippen molar-refractivity contribution in [3.05, 3.63) is 71.3 Å². The molecule has 1 aliphatic heterocycles. The van der Waals surface area contributed by atoms with Crippen LogP contribution in [0.15, 0.2) is 59.6 Å². The summed E-state index contributed by atoms with van der Waals surface area (Å²) in [6, 6.07) is 18.4. The molecule has 28 heavy (non-hydrogen) atoms. The predicted molar refractivity (Wildman–Crippen MR) is 125 cm³/mol. The molecule has 1 fully saturated rings. The van der Waals surface area contributed by atoms with E-state index in [4.69, 9.17) is 0 Å². The zero-order valence-corrected chi connectivity index (χ0v) is 18.9. The van der Waals surface area contributed by atoms with Gasteiger partial charge < -0.3 is 15.5 Å². The van der Waals surface area contributed by atoms with Crippen LogP contribution >= 0.6 is 24.0 Å². The second-order valence-corrected chi connectivity index (χ2v) is 6.80. The third-order valence-electron chi connectivity index (χ3n) is 4.95. The molecule has 1 unspecified atom stereocenters. The first-order valence-corrected chi connectivity index (χ1v) is 9.59. The van der Waals surface area contributed by atoms with Crippen molar-refractivity contribution in [3.8, 4) is 0 Å². The number of nitrogens with zero attached hydrogens (tertiary/aromatic N) is 2. The number of carbonyl (C=O) groups excluding carboxylic acids is 1. The lowest BCUT2D eigenvalue weighted by Crippen LogP contribution is -2.39. The van der Waals surface area contributed by atoms with Gasteiger partial charge in [0.15, 0.2) is 5.96 Å². The number of benzene rings is 2. The van der Waals surface area contributed by atoms with Crippen molar-refractivity contribution < 1.29 is 4.79 Å². The minimum absolute atomic E-state index is 0. The molecule has 5 nitrogen and oxygen atoms in total. The average Bonchev–Trinajstić information content (AvgIpc) is 3.20. The van der Waals surface area contributed by atoms with Crippen molar-refractivity contribution in [3.63, 3.8) is 0 Å². The SMILES string of the molecule is CCNC(=O)c1cccc(CNC(=NC)N2CCC(c3ccccc3)C2)c1.I. The third kappa shape index (κ3) is 5.70. The second kappa shape index (κ2) is 11.0. The molecule has 1 amide bonds. The highest BCUT2D eigenvalue weighted by Crippen LogP contribution is 2.26. The molecule has 6 heteroatoms. The van der Waals surface area contributed by atoms with E-state index in [-0.39, 0.29) is 29.9 Å². The maximum atomic E-state index is 12.0. The van der Waals surface area contributed by atoms with Crippen molar-refractivity contribution in [2.75, 3.05) is 26.7 Å². The number of nitrogens with one attached hydrogen (secondary N) is 2. The van der Waals surface area contributed by atoms with Crippen molar-refractivity contribution in [2.24, 2.45) is 4.99 Å². The van der Waals surface area contributed by atoms with Gasteiger partial charge in [-0.15, -0.1) is 24.0 Å². The summed E-state index contributed by atoms with van der Waals surface area (Å²) in [7, 11) is 1.82. The van der Waals surface area contributed by atoms with Crippen LogP contribution in [0.2, 0.25) is 0 Å². The molecule has 1 saturated heterocycles. The highest BCUT2D eigenvalue weighted by molar-refractivity contribution is 14.0. The van der Waals surface area contributed by atoms with E-state index in [1.807, 2.05) is 38.2 Å². The van der Waals surface area contributed by atoms with Gasteiger partial charge in [-0.3, -0.25) is 9.79 Å². The van der Waals surface area contributed by atoms with Gasteiger partial charge in [0, 0.05) is 44.7 Å². The quantitative estimate of drug-likeness (QED) is 0.381. The molecule has 2 aromatic rings. The molecule has 1 heterocycles. The Kier molecular flexibility index (Phi) is 8.76. The Balaban J connectivity index is 0.00000280. The summed E-state index contributed by atoms with van der Waals surface area (Å²) in [6.07, 6.45) is 1.14. The van der Waals surface area contributed by atoms with Gasteiger partial charge in [0.2, 0.25) is 0 Å². The van der Waals surface area contributed by atoms with Gasteiger partial charge in [-0.05, 0) is 36.6 Å². The van der Waals surface area contributed by atoms with Crippen molar-refractivity contribution in [1.29, 1.82) is 0 Å². The maximum absolute atomic E-state index is 12.0. The Morgan fingerprint density at radius 2 is 1.93 bits per heavy atom. The summed E-state index contributed by atoms with van der Waals surface area (Å²) < 4.78 is 0. The van der Waals surface area contributed by atoms with Crippen molar-refractivity contribution in [2.45, 2.75) is 25.8 Å². The summed E-state index contributed by atoms with van der Waals surface area (Å²) in [4.78, 5) is 18.8. The summed E-state index contributed by atoms with van der Waals surface area (Å²) in [6.45, 7) is 5.17. The number of amides is 1. The minimum Gasteiger partial charge on any atom is -0.352 e. The Hall–Kier alpha value is -2.09. The van der Waals surface area contributed by atoms with Gasteiger partial charge in [-0.1, -0.05) is 42.5 Å². The first-order valence-electron chi connectivity index (χ1n) is 9.59. The summed E-state index contributed by atoms with van der Waals surface area (Å²) in [5, 5.41) is 6.28. The lowest BCUT2D eigenvalue weighted by Gasteiger charge is -2.22. The molecule has 0 spiro atoms. The Morgan fingerprint density at radius 3 is 2.64 bits per heavy atom. The van der Waals surface area contributed by atoms with Gasteiger partial charge in [0.1, 0.15) is 0 Å². The monoisotopic (exact) mass is 492 g/mol. The van der Waals surface area contributed by atoms with Gasteiger partial charge in [0.05, 0.1) is 0 Å². The van der Waals surface area contributed by atoms with Crippen LogP contribution in [0, 0.1) is 0 Å². The number of rotatable bonds is 5. The Bertz CT molecular complexity index is 794. The zero-order valence-electron chi connectivity index (χ0n) is 16.5. The van der Waals surface area contributed by atoms with E-state index in [9.17, 15) is 4.79 Å². The van der Waals surface area contributed by atoms with E-state index in [1.165, 1.54) is 5.56 Å². The molecule has 0 aromatic heterocycles. The van der Waals surface area contributed by atoms with Crippen LogP contribution in [0.3, 0.4) is 0 Å². The van der Waals surface area contributed by atoms with Gasteiger partial charge in [-0.2, -0.15) is 0 Å². The molecular formula is C22H29IN4O. The van der Waals surface area contributed by atoms with E-state index in [0.717, 1.165) is 31.0 Å². The molecule has 0 bridgehead atoms. The van der Waals surface area contributed by atoms with Crippen LogP contribution in [0.4, 0.5) is 0 Å². The number of aliphatic imine (C=N–C) groups is 1. The van der Waals surface area contributed by atoms with Crippen LogP contribution < -0.4 is 10.6 Å². The van der Waals surface area contributed by atoms with Crippen molar-refractivity contribution >= 4 is 35.8 Å². The number of halogens is 1. The molecule has 2 aromatic carbocycles. The lowest BCUT2D eigenvalue weighted by atomic mass is 9.99. The molecule has 2 N–H and O–H groups in total. The normalized spacial score (nSPS) is 16.4. The maximum Gasteiger partial charge on any atom is 0.251 e. The van der Waals surface area contributed by atoms with E-state index in [0.29, 0.717) is 24.6 Å². The second-order valence-electron chi connectivity index (χ2n) is 6.80. The number of guanidine groups is 1. The predicted octanol–water partition coefficient (Wildman–Crippen LogP) is 3.62. The van der Waals surface area contributed by atoms with Crippen LogP contribution in [0.25, 0.3) is 0 Å². The minimum atomic E-state index is -0.0334. The smallest absolute Gasteiger partial charge is 0.251 e. The number of hydrogen-bond donors (Lipinski definition) is 2. The van der Waals surface area contributed by atoms with Gasteiger partial charge >= 0.3 is 0 Å². The van der Waals surface area contributed by atoms with E-state index >= 15 is 0 Å². The first-order chi connectivity index (χ1) is 13.2. The fourth-order valence-corrected chi connectivity index (χ4v) is 3.55. The molecule has 1 atom stereocenters. The zero-order chi connectivity index (χ0) is 19.1. The highest BCUT2D eigenvalue weighted by Gasteiger charge is 2.25. The molecule has 0 saturated carbocycles. The molecular weight excluding hydrogens is 463 g/mol. The standard InChI is InChI=1S/C22H28N4O.HI/c1-3-24-21(27)19-11-7-8-17(14-19)15-25-22(23-2)26-13-12-20(16-26)18-9-5-4-6-10-18;/h4-11,14,20H,3,12-13,15-16H2,1-2H3,(H,23,25)(H,24,27);1H. The van der Waals surface area contributed by atoms with E-state index in [1.54, 1.807) is 0 Å². The van der Waals surface area contributed by atoms with Crippen LogP contribution in [-0.4, -0.2) is 43.4 Å². The third-order valence-corrected chi connectivity index (χ3v) is 4.95. The summed E-state index contributed by atoms with van der Waals surface area (Å²) >= 11 is 0. The molecule has 3 rings (SSSR count). The van der Waals surface area contributed by atoms with E-state index < -0.39 is 0 Å². The molecule has 0 aliphatic carbocycles. The number of likely N-dealkylation sites (tertiary alicyclic amines) is 1. The number of carbonyl (C=O) groups is 1. The van der Waals surface area contributed by atoms with E-state index in [2.05, 4.69) is 50.9 Å². The summed E-state index contributed by atoms with van der Waals surface area (Å²) in [5.74, 6) is 1.43. The van der Waals surface area contributed by atoms with Gasteiger partial charge in [0.25, 0.3) is 5.91 Å². The van der Waals surface area contributed by atoms with Crippen molar-refractivity contribution in [1.82, 2.24) is 15.5 Å². The fraction of sp³-hybridized carbons (Fsp3) is 0.364.